The molecule has 1 N–H and O–H groups in total. The second-order valence-corrected chi connectivity index (χ2v) is 7.24. The van der Waals surface area contributed by atoms with Crippen LogP contribution in [0.15, 0.2) is 24.3 Å². The van der Waals surface area contributed by atoms with Crippen molar-refractivity contribution in [2.45, 2.75) is 25.3 Å². The van der Waals surface area contributed by atoms with Crippen molar-refractivity contribution in [3.8, 4) is 0 Å². The number of halogens is 1. The Balaban J connectivity index is 1.39. The van der Waals surface area contributed by atoms with Crippen LogP contribution < -0.4 is 5.32 Å². The van der Waals surface area contributed by atoms with Crippen molar-refractivity contribution in [2.75, 3.05) is 51.8 Å². The molecule has 2 aliphatic heterocycles. The van der Waals surface area contributed by atoms with Gasteiger partial charge in [0.1, 0.15) is 5.82 Å². The molecular weight excluding hydrogens is 321 g/mol. The summed E-state index contributed by atoms with van der Waals surface area (Å²) in [7, 11) is 2.00. The number of hydrogen-bond acceptors (Lipinski definition) is 4. The predicted octanol–water partition coefficient (Wildman–Crippen LogP) is 2.20. The molecule has 6 heteroatoms. The Morgan fingerprint density at radius 1 is 1.36 bits per heavy atom. The summed E-state index contributed by atoms with van der Waals surface area (Å²) >= 11 is 0. The minimum absolute atomic E-state index is 0.0985. The maximum atomic E-state index is 13.2. The van der Waals surface area contributed by atoms with Gasteiger partial charge in [0, 0.05) is 24.9 Å². The molecule has 1 atom stereocenters. The number of rotatable bonds is 6. The summed E-state index contributed by atoms with van der Waals surface area (Å²) in [4.78, 5) is 16.8. The summed E-state index contributed by atoms with van der Waals surface area (Å²) in [6, 6.07) is 6.43. The molecule has 0 spiro atoms. The number of ether oxygens (including phenoxy) is 1. The van der Waals surface area contributed by atoms with Crippen LogP contribution in [0.5, 0.6) is 0 Å². The number of carbonyl (C=O) groups excluding carboxylic acids is 1. The number of anilines is 1. The summed E-state index contributed by atoms with van der Waals surface area (Å²) in [6.45, 7) is 5.44. The highest BCUT2D eigenvalue weighted by Crippen LogP contribution is 2.20. The van der Waals surface area contributed by atoms with Gasteiger partial charge in [-0.25, -0.2) is 4.39 Å². The summed E-state index contributed by atoms with van der Waals surface area (Å²) < 4.78 is 18.6. The Kier molecular flexibility index (Phi) is 6.39. The number of likely N-dealkylation sites (tertiary alicyclic amines) is 1. The van der Waals surface area contributed by atoms with Crippen LogP contribution in [0.2, 0.25) is 0 Å². The van der Waals surface area contributed by atoms with E-state index in [1.165, 1.54) is 18.6 Å². The van der Waals surface area contributed by atoms with Crippen molar-refractivity contribution in [1.29, 1.82) is 0 Å². The number of amides is 1. The molecule has 3 rings (SSSR count). The molecule has 2 aliphatic rings. The highest BCUT2D eigenvalue weighted by molar-refractivity contribution is 5.92. The van der Waals surface area contributed by atoms with E-state index >= 15 is 0 Å². The molecular formula is C19H28FN3O2. The third-order valence-electron chi connectivity index (χ3n) is 5.22. The molecule has 2 heterocycles. The predicted molar refractivity (Wildman–Crippen MR) is 96.0 cm³/mol. The Morgan fingerprint density at radius 3 is 2.84 bits per heavy atom. The molecule has 0 aliphatic carbocycles. The van der Waals surface area contributed by atoms with E-state index in [1.54, 1.807) is 12.1 Å². The molecule has 0 aromatic heterocycles. The van der Waals surface area contributed by atoms with Gasteiger partial charge in [-0.2, -0.15) is 0 Å². The molecule has 1 aromatic rings. The zero-order valence-electron chi connectivity index (χ0n) is 14.9. The fourth-order valence-electron chi connectivity index (χ4n) is 3.76. The SMILES string of the molecule is CN(CC(=O)Nc1cccc(F)c1)C1CCN(CC2CCOC2)CC1. The minimum atomic E-state index is -0.341. The van der Waals surface area contributed by atoms with Gasteiger partial charge in [0.2, 0.25) is 5.91 Å². The zero-order valence-corrected chi connectivity index (χ0v) is 14.9. The first-order valence-electron chi connectivity index (χ1n) is 9.16. The molecule has 2 saturated heterocycles. The number of likely N-dealkylation sites (N-methyl/N-ethyl adjacent to an activating group) is 1. The lowest BCUT2D eigenvalue weighted by molar-refractivity contribution is -0.117. The van der Waals surface area contributed by atoms with E-state index in [0.29, 0.717) is 24.2 Å². The van der Waals surface area contributed by atoms with E-state index in [1.807, 2.05) is 7.05 Å². The van der Waals surface area contributed by atoms with Crippen LogP contribution in [0.25, 0.3) is 0 Å². The van der Waals surface area contributed by atoms with Crippen LogP contribution in [0, 0.1) is 11.7 Å². The van der Waals surface area contributed by atoms with Crippen LogP contribution >= 0.6 is 0 Å². The summed E-state index contributed by atoms with van der Waals surface area (Å²) in [6.07, 6.45) is 3.34. The van der Waals surface area contributed by atoms with Gasteiger partial charge in [-0.05, 0) is 63.5 Å². The number of nitrogens with one attached hydrogen (secondary N) is 1. The average Bonchev–Trinajstić information content (AvgIpc) is 3.08. The summed E-state index contributed by atoms with van der Waals surface area (Å²) in [5.74, 6) is 0.246. The lowest BCUT2D eigenvalue weighted by atomic mass is 10.0. The summed E-state index contributed by atoms with van der Waals surface area (Å²) in [5, 5.41) is 2.76. The van der Waals surface area contributed by atoms with Crippen molar-refractivity contribution in [3.63, 3.8) is 0 Å². The Hall–Kier alpha value is -1.50. The maximum absolute atomic E-state index is 13.2. The van der Waals surface area contributed by atoms with Gasteiger partial charge in [0.05, 0.1) is 13.2 Å². The highest BCUT2D eigenvalue weighted by atomic mass is 19.1. The number of carbonyl (C=O) groups is 1. The second-order valence-electron chi connectivity index (χ2n) is 7.24. The smallest absolute Gasteiger partial charge is 0.238 e. The lowest BCUT2D eigenvalue weighted by Crippen LogP contribution is -2.46. The van der Waals surface area contributed by atoms with Gasteiger partial charge < -0.3 is 15.0 Å². The van der Waals surface area contributed by atoms with E-state index in [2.05, 4.69) is 15.1 Å². The first-order valence-corrected chi connectivity index (χ1v) is 9.16. The van der Waals surface area contributed by atoms with Gasteiger partial charge in [-0.3, -0.25) is 9.69 Å². The lowest BCUT2D eigenvalue weighted by Gasteiger charge is -2.37. The quantitative estimate of drug-likeness (QED) is 0.855. The van der Waals surface area contributed by atoms with Crippen molar-refractivity contribution < 1.29 is 13.9 Å². The van der Waals surface area contributed by atoms with Crippen LogP contribution in [-0.4, -0.2) is 68.2 Å². The fraction of sp³-hybridized carbons (Fsp3) is 0.632. The first kappa shape index (κ1) is 18.3. The molecule has 0 bridgehead atoms. The number of benzene rings is 1. The molecule has 0 saturated carbocycles. The number of hydrogen-bond donors (Lipinski definition) is 1. The summed E-state index contributed by atoms with van der Waals surface area (Å²) in [5.41, 5.74) is 0.506. The standard InChI is InChI=1S/C19H28FN3O2/c1-22(13-19(24)21-17-4-2-3-16(20)11-17)18-5-8-23(9-6-18)12-15-7-10-25-14-15/h2-4,11,15,18H,5-10,12-14H2,1H3,(H,21,24). The largest absolute Gasteiger partial charge is 0.381 e. The average molecular weight is 349 g/mol. The monoisotopic (exact) mass is 349 g/mol. The Morgan fingerprint density at radius 2 is 2.16 bits per heavy atom. The van der Waals surface area contributed by atoms with Gasteiger partial charge in [-0.1, -0.05) is 6.07 Å². The number of piperidine rings is 1. The maximum Gasteiger partial charge on any atom is 0.238 e. The van der Waals surface area contributed by atoms with Crippen molar-refractivity contribution in [1.82, 2.24) is 9.80 Å². The van der Waals surface area contributed by atoms with E-state index < -0.39 is 0 Å². The van der Waals surface area contributed by atoms with Gasteiger partial charge in [-0.15, -0.1) is 0 Å². The molecule has 1 unspecified atom stereocenters. The van der Waals surface area contributed by atoms with E-state index in [9.17, 15) is 9.18 Å². The van der Waals surface area contributed by atoms with Crippen LogP contribution in [0.3, 0.4) is 0 Å². The van der Waals surface area contributed by atoms with E-state index in [4.69, 9.17) is 4.74 Å². The van der Waals surface area contributed by atoms with Crippen molar-refractivity contribution in [3.05, 3.63) is 30.1 Å². The molecule has 25 heavy (non-hydrogen) atoms. The molecule has 2 fully saturated rings. The Labute approximate surface area is 149 Å². The van der Waals surface area contributed by atoms with E-state index in [0.717, 1.165) is 45.7 Å². The van der Waals surface area contributed by atoms with Gasteiger partial charge in [0.25, 0.3) is 0 Å². The molecule has 1 amide bonds. The van der Waals surface area contributed by atoms with Gasteiger partial charge >= 0.3 is 0 Å². The number of nitrogens with zero attached hydrogens (tertiary/aromatic N) is 2. The highest BCUT2D eigenvalue weighted by Gasteiger charge is 2.26. The normalized spacial score (nSPS) is 22.4. The second kappa shape index (κ2) is 8.74. The van der Waals surface area contributed by atoms with Crippen LogP contribution in [0.1, 0.15) is 19.3 Å². The first-order chi connectivity index (χ1) is 12.1. The van der Waals surface area contributed by atoms with Gasteiger partial charge in [0.15, 0.2) is 0 Å². The third-order valence-corrected chi connectivity index (χ3v) is 5.22. The fourth-order valence-corrected chi connectivity index (χ4v) is 3.76. The van der Waals surface area contributed by atoms with Crippen LogP contribution in [-0.2, 0) is 9.53 Å². The molecule has 5 nitrogen and oxygen atoms in total. The van der Waals surface area contributed by atoms with E-state index in [-0.39, 0.29) is 11.7 Å². The van der Waals surface area contributed by atoms with Crippen molar-refractivity contribution >= 4 is 11.6 Å². The van der Waals surface area contributed by atoms with Crippen molar-refractivity contribution in [2.24, 2.45) is 5.92 Å². The van der Waals surface area contributed by atoms with Crippen LogP contribution in [0.4, 0.5) is 10.1 Å². The third kappa shape index (κ3) is 5.49. The topological polar surface area (TPSA) is 44.8 Å². The molecule has 0 radical (unpaired) electrons. The molecule has 1 aromatic carbocycles. The minimum Gasteiger partial charge on any atom is -0.381 e. The zero-order chi connectivity index (χ0) is 17.6. The Bertz CT molecular complexity index is 570. The molecule has 138 valence electrons.